The van der Waals surface area contributed by atoms with Crippen LogP contribution in [0.5, 0.6) is 11.5 Å². The Morgan fingerprint density at radius 1 is 1.03 bits per heavy atom. The molecule has 7 nitrogen and oxygen atoms in total. The fraction of sp³-hybridized carbons (Fsp3) is 0.273. The van der Waals surface area contributed by atoms with Crippen molar-refractivity contribution in [2.75, 3.05) is 33.0 Å². The summed E-state index contributed by atoms with van der Waals surface area (Å²) in [6.07, 6.45) is 3.63. The van der Waals surface area contributed by atoms with Crippen molar-refractivity contribution in [1.29, 1.82) is 0 Å². The van der Waals surface area contributed by atoms with Gasteiger partial charge in [0.15, 0.2) is 11.5 Å². The van der Waals surface area contributed by atoms with Crippen molar-refractivity contribution < 1.29 is 19.2 Å². The van der Waals surface area contributed by atoms with Gasteiger partial charge in [0.25, 0.3) is 5.91 Å². The second-order valence-electron chi connectivity index (χ2n) is 7.40. The standard InChI is InChI=1S/C22H22N4O3/c27-22(18-3-5-19(6-4-18)26-9-1-8-23-26)25-12-10-24(11-13-25)15-17-2-7-20-21(14-17)29-16-28-20/h1-9,14H,10-13,15-16H2/p+1. The van der Waals surface area contributed by atoms with Gasteiger partial charge in [-0.1, -0.05) is 0 Å². The van der Waals surface area contributed by atoms with E-state index in [2.05, 4.69) is 17.2 Å². The Morgan fingerprint density at radius 3 is 2.59 bits per heavy atom. The van der Waals surface area contributed by atoms with Gasteiger partial charge >= 0.3 is 0 Å². The molecule has 0 bridgehead atoms. The van der Waals surface area contributed by atoms with E-state index in [0.717, 1.165) is 55.5 Å². The Hall–Kier alpha value is -3.32. The number of hydrogen-bond acceptors (Lipinski definition) is 4. The average molecular weight is 391 g/mol. The maximum absolute atomic E-state index is 12.9. The molecule has 29 heavy (non-hydrogen) atoms. The molecule has 1 saturated heterocycles. The molecule has 3 heterocycles. The summed E-state index contributed by atoms with van der Waals surface area (Å²) in [6, 6.07) is 15.6. The van der Waals surface area contributed by atoms with Crippen LogP contribution in [-0.2, 0) is 6.54 Å². The molecule has 0 spiro atoms. The summed E-state index contributed by atoms with van der Waals surface area (Å²) in [4.78, 5) is 16.3. The van der Waals surface area contributed by atoms with Gasteiger partial charge in [-0.25, -0.2) is 4.68 Å². The third kappa shape index (κ3) is 3.69. The van der Waals surface area contributed by atoms with E-state index in [1.165, 1.54) is 10.5 Å². The predicted octanol–water partition coefficient (Wildman–Crippen LogP) is 1.14. The molecule has 0 atom stereocenters. The fourth-order valence-electron chi connectivity index (χ4n) is 3.90. The summed E-state index contributed by atoms with van der Waals surface area (Å²) < 4.78 is 12.6. The van der Waals surface area contributed by atoms with E-state index < -0.39 is 0 Å². The minimum absolute atomic E-state index is 0.0964. The molecule has 0 radical (unpaired) electrons. The fourth-order valence-corrected chi connectivity index (χ4v) is 3.90. The summed E-state index contributed by atoms with van der Waals surface area (Å²) >= 11 is 0. The van der Waals surface area contributed by atoms with Crippen LogP contribution in [0.2, 0.25) is 0 Å². The zero-order valence-electron chi connectivity index (χ0n) is 16.1. The maximum Gasteiger partial charge on any atom is 0.254 e. The monoisotopic (exact) mass is 391 g/mol. The van der Waals surface area contributed by atoms with Gasteiger partial charge in [0.2, 0.25) is 6.79 Å². The number of hydrogen-bond donors (Lipinski definition) is 1. The van der Waals surface area contributed by atoms with Crippen LogP contribution >= 0.6 is 0 Å². The van der Waals surface area contributed by atoms with Crippen LogP contribution in [0.25, 0.3) is 5.69 Å². The normalized spacial score (nSPS) is 16.2. The van der Waals surface area contributed by atoms with Gasteiger partial charge in [-0.05, 0) is 48.5 Å². The van der Waals surface area contributed by atoms with E-state index >= 15 is 0 Å². The molecule has 5 rings (SSSR count). The number of carbonyl (C=O) groups excluding carboxylic acids is 1. The molecular formula is C22H23N4O3+. The molecule has 1 amide bonds. The summed E-state index contributed by atoms with van der Waals surface area (Å²) in [5.41, 5.74) is 2.91. The molecule has 148 valence electrons. The Bertz CT molecular complexity index is 993. The first-order valence-corrected chi connectivity index (χ1v) is 9.88. The van der Waals surface area contributed by atoms with E-state index in [9.17, 15) is 4.79 Å². The summed E-state index contributed by atoms with van der Waals surface area (Å²) in [5, 5.41) is 4.22. The van der Waals surface area contributed by atoms with Gasteiger partial charge in [-0.2, -0.15) is 5.10 Å². The minimum Gasteiger partial charge on any atom is -0.454 e. The minimum atomic E-state index is 0.0964. The van der Waals surface area contributed by atoms with Crippen LogP contribution in [0.4, 0.5) is 0 Å². The lowest BCUT2D eigenvalue weighted by Gasteiger charge is -2.32. The Kier molecular flexibility index (Phi) is 4.65. The third-order valence-corrected chi connectivity index (χ3v) is 5.53. The molecule has 3 aromatic rings. The number of ether oxygens (including phenoxy) is 2. The van der Waals surface area contributed by atoms with Crippen LogP contribution in [-0.4, -0.2) is 53.6 Å². The Morgan fingerprint density at radius 2 is 1.83 bits per heavy atom. The lowest BCUT2D eigenvalue weighted by molar-refractivity contribution is -0.917. The van der Waals surface area contributed by atoms with Crippen LogP contribution in [0.15, 0.2) is 60.9 Å². The van der Waals surface area contributed by atoms with Crippen LogP contribution < -0.4 is 14.4 Å². The number of piperazine rings is 1. The Balaban J connectivity index is 1.17. The van der Waals surface area contributed by atoms with Crippen molar-refractivity contribution in [1.82, 2.24) is 14.7 Å². The van der Waals surface area contributed by atoms with Gasteiger partial charge in [0, 0.05) is 23.5 Å². The van der Waals surface area contributed by atoms with Gasteiger partial charge in [-0.3, -0.25) is 4.79 Å². The van der Waals surface area contributed by atoms with E-state index in [1.807, 2.05) is 47.5 Å². The van der Waals surface area contributed by atoms with E-state index in [0.29, 0.717) is 6.79 Å². The molecule has 2 aromatic carbocycles. The first-order chi connectivity index (χ1) is 14.3. The number of fused-ring (bicyclic) bond motifs is 1. The quantitative estimate of drug-likeness (QED) is 0.725. The van der Waals surface area contributed by atoms with E-state index in [-0.39, 0.29) is 5.91 Å². The lowest BCUT2D eigenvalue weighted by atomic mass is 10.1. The highest BCUT2D eigenvalue weighted by Gasteiger charge is 2.25. The summed E-state index contributed by atoms with van der Waals surface area (Å²) in [6.45, 7) is 4.63. The number of rotatable bonds is 4. The molecule has 0 saturated carbocycles. The highest BCUT2D eigenvalue weighted by atomic mass is 16.7. The SMILES string of the molecule is O=C(c1ccc(-n2cccn2)cc1)N1CC[NH+](Cc2ccc3c(c2)OCO3)CC1. The second kappa shape index (κ2) is 7.60. The van der Waals surface area contributed by atoms with Crippen LogP contribution in [0.3, 0.4) is 0 Å². The van der Waals surface area contributed by atoms with Gasteiger partial charge in [-0.15, -0.1) is 0 Å². The third-order valence-electron chi connectivity index (χ3n) is 5.53. The number of aromatic nitrogens is 2. The van der Waals surface area contributed by atoms with Crippen molar-refractivity contribution in [2.45, 2.75) is 6.54 Å². The smallest absolute Gasteiger partial charge is 0.254 e. The van der Waals surface area contributed by atoms with Gasteiger partial charge in [0.05, 0.1) is 31.9 Å². The van der Waals surface area contributed by atoms with Gasteiger partial charge in [0.1, 0.15) is 6.54 Å². The average Bonchev–Trinajstić information content (AvgIpc) is 3.46. The first-order valence-electron chi connectivity index (χ1n) is 9.88. The van der Waals surface area contributed by atoms with Crippen molar-refractivity contribution in [3.05, 3.63) is 72.1 Å². The van der Waals surface area contributed by atoms with E-state index in [4.69, 9.17) is 9.47 Å². The van der Waals surface area contributed by atoms with Crippen molar-refractivity contribution in [3.63, 3.8) is 0 Å². The number of amides is 1. The molecule has 0 aliphatic carbocycles. The molecule has 1 N–H and O–H groups in total. The number of nitrogens with zero attached hydrogens (tertiary/aromatic N) is 3. The highest BCUT2D eigenvalue weighted by Crippen LogP contribution is 2.32. The molecular weight excluding hydrogens is 368 g/mol. The molecule has 2 aliphatic heterocycles. The second-order valence-corrected chi connectivity index (χ2v) is 7.40. The van der Waals surface area contributed by atoms with Crippen LogP contribution in [0, 0.1) is 0 Å². The summed E-state index contributed by atoms with van der Waals surface area (Å²) in [7, 11) is 0. The molecule has 1 fully saturated rings. The maximum atomic E-state index is 12.9. The number of carbonyl (C=O) groups is 1. The van der Waals surface area contributed by atoms with Crippen molar-refractivity contribution in [3.8, 4) is 17.2 Å². The number of quaternary nitrogens is 1. The largest absolute Gasteiger partial charge is 0.454 e. The van der Waals surface area contributed by atoms with E-state index in [1.54, 1.807) is 10.9 Å². The molecule has 1 aromatic heterocycles. The zero-order chi connectivity index (χ0) is 19.6. The topological polar surface area (TPSA) is 61.0 Å². The highest BCUT2D eigenvalue weighted by molar-refractivity contribution is 5.94. The zero-order valence-corrected chi connectivity index (χ0v) is 16.1. The molecule has 2 aliphatic rings. The predicted molar refractivity (Wildman–Crippen MR) is 106 cm³/mol. The lowest BCUT2D eigenvalue weighted by Crippen LogP contribution is -3.13. The number of benzene rings is 2. The van der Waals surface area contributed by atoms with Gasteiger partial charge < -0.3 is 19.3 Å². The molecule has 0 unspecified atom stereocenters. The Labute approximate surface area is 169 Å². The number of nitrogens with one attached hydrogen (secondary N) is 1. The van der Waals surface area contributed by atoms with Crippen molar-refractivity contribution >= 4 is 5.91 Å². The van der Waals surface area contributed by atoms with Crippen molar-refractivity contribution in [2.24, 2.45) is 0 Å². The first kappa shape index (κ1) is 17.8. The summed E-state index contributed by atoms with van der Waals surface area (Å²) in [5.74, 6) is 1.74. The van der Waals surface area contributed by atoms with Crippen LogP contribution in [0.1, 0.15) is 15.9 Å². The molecule has 7 heteroatoms.